The molecule has 0 spiro atoms. The fourth-order valence-corrected chi connectivity index (χ4v) is 6.17. The van der Waals surface area contributed by atoms with Crippen LogP contribution < -0.4 is 10.1 Å². The average Bonchev–Trinajstić information content (AvgIpc) is 3.27. The minimum atomic E-state index is -3.52. The van der Waals surface area contributed by atoms with E-state index in [2.05, 4.69) is 5.32 Å². The second-order valence-electron chi connectivity index (χ2n) is 8.43. The van der Waals surface area contributed by atoms with Gasteiger partial charge >= 0.3 is 0 Å². The van der Waals surface area contributed by atoms with E-state index in [0.717, 1.165) is 36.1 Å². The number of nitrogens with zero attached hydrogens (tertiary/aromatic N) is 1. The summed E-state index contributed by atoms with van der Waals surface area (Å²) in [6.07, 6.45) is 4.12. The van der Waals surface area contributed by atoms with Crippen molar-refractivity contribution in [3.63, 3.8) is 0 Å². The van der Waals surface area contributed by atoms with Gasteiger partial charge in [0.25, 0.3) is 0 Å². The zero-order chi connectivity index (χ0) is 22.0. The van der Waals surface area contributed by atoms with Gasteiger partial charge in [-0.25, -0.2) is 8.42 Å². The maximum Gasteiger partial charge on any atom is 0.243 e. The van der Waals surface area contributed by atoms with Crippen molar-refractivity contribution >= 4 is 15.9 Å². The molecule has 0 saturated carbocycles. The number of hydrogen-bond acceptors (Lipinski definition) is 4. The Labute approximate surface area is 184 Å². The summed E-state index contributed by atoms with van der Waals surface area (Å²) in [5, 5.41) is 3.07. The molecule has 7 heteroatoms. The second-order valence-corrected chi connectivity index (χ2v) is 10.4. The van der Waals surface area contributed by atoms with Gasteiger partial charge in [-0.2, -0.15) is 4.31 Å². The van der Waals surface area contributed by atoms with Crippen molar-refractivity contribution in [2.75, 3.05) is 20.2 Å². The van der Waals surface area contributed by atoms with Crippen LogP contribution in [0.1, 0.15) is 48.9 Å². The third kappa shape index (κ3) is 4.48. The Bertz CT molecular complexity index is 1060. The number of ether oxygens (including phenoxy) is 1. The minimum Gasteiger partial charge on any atom is -0.496 e. The fraction of sp³-hybridized carbons (Fsp3) is 0.458. The number of rotatable bonds is 6. The van der Waals surface area contributed by atoms with E-state index in [1.54, 1.807) is 13.2 Å². The van der Waals surface area contributed by atoms with E-state index in [-0.39, 0.29) is 17.9 Å². The number of sulfonamides is 1. The molecule has 1 aliphatic carbocycles. The van der Waals surface area contributed by atoms with Crippen molar-refractivity contribution in [1.29, 1.82) is 0 Å². The Kier molecular flexibility index (Phi) is 6.34. The topological polar surface area (TPSA) is 75.7 Å². The fourth-order valence-electron chi connectivity index (χ4n) is 4.65. The van der Waals surface area contributed by atoms with Crippen LogP contribution in [-0.4, -0.2) is 38.8 Å². The lowest BCUT2D eigenvalue weighted by Crippen LogP contribution is -2.43. The van der Waals surface area contributed by atoms with Crippen LogP contribution in [0.2, 0.25) is 0 Å². The maximum absolute atomic E-state index is 13.1. The van der Waals surface area contributed by atoms with Crippen LogP contribution in [-0.2, 0) is 27.7 Å². The van der Waals surface area contributed by atoms with Gasteiger partial charge in [-0.15, -0.1) is 0 Å². The monoisotopic (exact) mass is 442 g/mol. The molecule has 4 rings (SSSR count). The van der Waals surface area contributed by atoms with Gasteiger partial charge in [0.1, 0.15) is 5.75 Å². The molecule has 0 aromatic heterocycles. The average molecular weight is 443 g/mol. The smallest absolute Gasteiger partial charge is 0.243 e. The van der Waals surface area contributed by atoms with Crippen molar-refractivity contribution in [1.82, 2.24) is 9.62 Å². The molecule has 1 atom stereocenters. The lowest BCUT2D eigenvalue weighted by atomic mass is 9.96. The molecule has 1 aliphatic heterocycles. The summed E-state index contributed by atoms with van der Waals surface area (Å²) in [5.74, 6) is 0.516. The molecule has 1 saturated heterocycles. The van der Waals surface area contributed by atoms with E-state index >= 15 is 0 Å². The molecule has 1 fully saturated rings. The summed E-state index contributed by atoms with van der Waals surface area (Å²) in [6, 6.07) is 13.0. The number of carbonyl (C=O) groups excluding carboxylic acids is 1. The summed E-state index contributed by atoms with van der Waals surface area (Å²) in [4.78, 5) is 13.2. The molecular weight excluding hydrogens is 412 g/mol. The molecular formula is C24H30N2O4S. The van der Waals surface area contributed by atoms with E-state index in [4.69, 9.17) is 4.74 Å². The molecule has 31 heavy (non-hydrogen) atoms. The van der Waals surface area contributed by atoms with Crippen molar-refractivity contribution < 1.29 is 17.9 Å². The zero-order valence-corrected chi connectivity index (χ0v) is 19.0. The van der Waals surface area contributed by atoms with Crippen LogP contribution in [0.4, 0.5) is 0 Å². The summed E-state index contributed by atoms with van der Waals surface area (Å²) in [7, 11) is -1.91. The van der Waals surface area contributed by atoms with Crippen molar-refractivity contribution in [3.8, 4) is 5.75 Å². The van der Waals surface area contributed by atoms with Gasteiger partial charge in [0, 0.05) is 24.6 Å². The van der Waals surface area contributed by atoms with Crippen LogP contribution in [0, 0.1) is 5.92 Å². The largest absolute Gasteiger partial charge is 0.496 e. The Morgan fingerprint density at radius 2 is 1.81 bits per heavy atom. The van der Waals surface area contributed by atoms with Gasteiger partial charge in [-0.05, 0) is 68.4 Å². The van der Waals surface area contributed by atoms with E-state index < -0.39 is 10.0 Å². The first-order valence-electron chi connectivity index (χ1n) is 11.0. The van der Waals surface area contributed by atoms with Crippen molar-refractivity contribution in [2.45, 2.75) is 50.0 Å². The van der Waals surface area contributed by atoms with Crippen molar-refractivity contribution in [3.05, 3.63) is 59.2 Å². The lowest BCUT2D eigenvalue weighted by molar-refractivity contribution is -0.126. The predicted molar refractivity (Wildman–Crippen MR) is 120 cm³/mol. The number of para-hydroxylation sites is 1. The number of amides is 1. The number of benzene rings is 2. The highest BCUT2D eigenvalue weighted by Crippen LogP contribution is 2.29. The van der Waals surface area contributed by atoms with Crippen molar-refractivity contribution in [2.24, 2.45) is 5.92 Å². The number of aryl methyl sites for hydroxylation is 2. The predicted octanol–water partition coefficient (Wildman–Crippen LogP) is 3.46. The molecule has 2 aromatic carbocycles. The molecule has 0 unspecified atom stereocenters. The number of hydrogen-bond donors (Lipinski definition) is 1. The minimum absolute atomic E-state index is 0.0343. The van der Waals surface area contributed by atoms with Gasteiger partial charge in [0.2, 0.25) is 15.9 Å². The molecule has 1 N–H and O–H groups in total. The molecule has 2 aliphatic rings. The quantitative estimate of drug-likeness (QED) is 0.743. The molecule has 0 bridgehead atoms. The lowest BCUT2D eigenvalue weighted by Gasteiger charge is -2.31. The Morgan fingerprint density at radius 3 is 2.55 bits per heavy atom. The number of methoxy groups -OCH3 is 1. The third-order valence-corrected chi connectivity index (χ3v) is 8.39. The van der Waals surface area contributed by atoms with Gasteiger partial charge in [0.15, 0.2) is 0 Å². The first-order valence-corrected chi connectivity index (χ1v) is 12.4. The molecule has 2 aromatic rings. The zero-order valence-electron chi connectivity index (χ0n) is 18.1. The molecule has 6 nitrogen and oxygen atoms in total. The SMILES string of the molecule is COc1ccccc1[C@H](C)NC(=O)C1CCN(S(=O)(=O)c2ccc3c(c2)CCC3)CC1. The standard InChI is InChI=1S/C24H30N2O4S/c1-17(22-8-3-4-9-23(22)30-2)25-24(27)19-12-14-26(15-13-19)31(28,29)21-11-10-18-6-5-7-20(18)16-21/h3-4,8-11,16-17,19H,5-7,12-15H2,1-2H3,(H,25,27)/t17-/m0/s1. The first kappa shape index (κ1) is 21.8. The van der Waals surface area contributed by atoms with Gasteiger partial charge < -0.3 is 10.1 Å². The molecule has 1 heterocycles. The summed E-state index contributed by atoms with van der Waals surface area (Å²) < 4.78 is 33.1. The normalized spacial score (nSPS) is 18.4. The first-order chi connectivity index (χ1) is 14.9. The number of fused-ring (bicyclic) bond motifs is 1. The molecule has 0 radical (unpaired) electrons. The van der Waals surface area contributed by atoms with E-state index in [1.807, 2.05) is 43.3 Å². The van der Waals surface area contributed by atoms with Crippen LogP contribution in [0.5, 0.6) is 5.75 Å². The summed E-state index contributed by atoms with van der Waals surface area (Å²) in [5.41, 5.74) is 3.34. The summed E-state index contributed by atoms with van der Waals surface area (Å²) in [6.45, 7) is 2.66. The Balaban J connectivity index is 1.37. The van der Waals surface area contributed by atoms with Gasteiger partial charge in [-0.3, -0.25) is 4.79 Å². The Morgan fingerprint density at radius 1 is 1.10 bits per heavy atom. The highest BCUT2D eigenvalue weighted by molar-refractivity contribution is 7.89. The van der Waals surface area contributed by atoms with Crippen LogP contribution in [0.25, 0.3) is 0 Å². The van der Waals surface area contributed by atoms with Crippen LogP contribution >= 0.6 is 0 Å². The maximum atomic E-state index is 13.1. The van der Waals surface area contributed by atoms with Gasteiger partial charge in [0.05, 0.1) is 18.0 Å². The number of carbonyl (C=O) groups is 1. The summed E-state index contributed by atoms with van der Waals surface area (Å²) >= 11 is 0. The Hall–Kier alpha value is -2.38. The molecule has 166 valence electrons. The van der Waals surface area contributed by atoms with Crippen LogP contribution in [0.15, 0.2) is 47.4 Å². The third-order valence-electron chi connectivity index (χ3n) is 6.50. The van der Waals surface area contributed by atoms with E-state index in [1.165, 1.54) is 9.87 Å². The number of piperidine rings is 1. The van der Waals surface area contributed by atoms with Gasteiger partial charge in [-0.1, -0.05) is 24.3 Å². The van der Waals surface area contributed by atoms with E-state index in [9.17, 15) is 13.2 Å². The second kappa shape index (κ2) is 9.01. The molecule has 1 amide bonds. The van der Waals surface area contributed by atoms with E-state index in [0.29, 0.717) is 30.8 Å². The highest BCUT2D eigenvalue weighted by Gasteiger charge is 2.33. The highest BCUT2D eigenvalue weighted by atomic mass is 32.2. The number of nitrogens with one attached hydrogen (secondary N) is 1. The van der Waals surface area contributed by atoms with Crippen LogP contribution in [0.3, 0.4) is 0 Å².